The van der Waals surface area contributed by atoms with E-state index >= 15 is 0 Å². The maximum absolute atomic E-state index is 11.1. The van der Waals surface area contributed by atoms with Gasteiger partial charge in [-0.25, -0.2) is 4.79 Å². The van der Waals surface area contributed by atoms with Crippen molar-refractivity contribution in [2.45, 2.75) is 39.7 Å². The maximum atomic E-state index is 11.1. The highest BCUT2D eigenvalue weighted by molar-refractivity contribution is 5.95. The predicted octanol–water partition coefficient (Wildman–Crippen LogP) is 3.76. The second-order valence-electron chi connectivity index (χ2n) is 5.63. The van der Waals surface area contributed by atoms with Crippen LogP contribution in [0.5, 0.6) is 0 Å². The lowest BCUT2D eigenvalue weighted by molar-refractivity contribution is 0.0697. The number of fused-ring (bicyclic) bond motifs is 1. The highest BCUT2D eigenvalue weighted by Crippen LogP contribution is 2.34. The lowest BCUT2D eigenvalue weighted by Gasteiger charge is -2.07. The van der Waals surface area contributed by atoms with Gasteiger partial charge >= 0.3 is 5.97 Å². The smallest absolute Gasteiger partial charge is 0.335 e. The molecule has 3 rings (SSSR count). The molecule has 1 aromatic carbocycles. The first-order valence-electron chi connectivity index (χ1n) is 6.90. The number of carboxylic acid groups (broad SMARTS) is 1. The van der Waals surface area contributed by atoms with Gasteiger partial charge in [-0.05, 0) is 49.9 Å². The zero-order valence-corrected chi connectivity index (χ0v) is 11.4. The first-order chi connectivity index (χ1) is 9.08. The molecule has 1 saturated carbocycles. The van der Waals surface area contributed by atoms with Crippen molar-refractivity contribution >= 4 is 16.9 Å². The minimum absolute atomic E-state index is 0.370. The molecule has 1 N–H and O–H groups in total. The Labute approximate surface area is 112 Å². The molecule has 0 amide bonds. The van der Waals surface area contributed by atoms with Crippen molar-refractivity contribution in [3.63, 3.8) is 0 Å². The predicted molar refractivity (Wildman–Crippen MR) is 75.7 cm³/mol. The average molecular weight is 257 g/mol. The molecule has 3 nitrogen and oxygen atoms in total. The van der Waals surface area contributed by atoms with Crippen LogP contribution in [0, 0.1) is 19.8 Å². The Morgan fingerprint density at radius 2 is 2.11 bits per heavy atom. The van der Waals surface area contributed by atoms with E-state index < -0.39 is 5.97 Å². The van der Waals surface area contributed by atoms with Gasteiger partial charge in [-0.3, -0.25) is 0 Å². The lowest BCUT2D eigenvalue weighted by atomic mass is 10.1. The van der Waals surface area contributed by atoms with Crippen molar-refractivity contribution in [3.05, 3.63) is 35.0 Å². The molecule has 100 valence electrons. The molecular formula is C16H19NO2. The van der Waals surface area contributed by atoms with Gasteiger partial charge in [0.2, 0.25) is 0 Å². The maximum Gasteiger partial charge on any atom is 0.335 e. The van der Waals surface area contributed by atoms with Crippen LogP contribution < -0.4 is 0 Å². The van der Waals surface area contributed by atoms with Crippen LogP contribution in [-0.2, 0) is 6.54 Å². The summed E-state index contributed by atoms with van der Waals surface area (Å²) in [5, 5.41) is 10.2. The first-order valence-corrected chi connectivity index (χ1v) is 6.90. The largest absolute Gasteiger partial charge is 0.478 e. The molecule has 0 unspecified atom stereocenters. The summed E-state index contributed by atoms with van der Waals surface area (Å²) >= 11 is 0. The normalized spacial score (nSPS) is 15.1. The van der Waals surface area contributed by atoms with Gasteiger partial charge in [-0.1, -0.05) is 12.8 Å². The van der Waals surface area contributed by atoms with Crippen LogP contribution in [-0.4, -0.2) is 15.6 Å². The van der Waals surface area contributed by atoms with E-state index in [0.717, 1.165) is 17.8 Å². The fraction of sp³-hybridized carbons (Fsp3) is 0.438. The Morgan fingerprint density at radius 1 is 1.37 bits per heavy atom. The van der Waals surface area contributed by atoms with Gasteiger partial charge in [0.15, 0.2) is 0 Å². The van der Waals surface area contributed by atoms with E-state index in [2.05, 4.69) is 18.4 Å². The molecule has 0 saturated heterocycles. The van der Waals surface area contributed by atoms with E-state index in [-0.39, 0.29) is 0 Å². The van der Waals surface area contributed by atoms with Crippen molar-refractivity contribution in [1.82, 2.24) is 4.57 Å². The summed E-state index contributed by atoms with van der Waals surface area (Å²) in [7, 11) is 0. The van der Waals surface area contributed by atoms with Crippen LogP contribution in [0.4, 0.5) is 0 Å². The number of aryl methyl sites for hydroxylation is 2. The molecule has 1 heterocycles. The number of rotatable bonds is 4. The number of aromatic nitrogens is 1. The fourth-order valence-corrected chi connectivity index (χ4v) is 2.79. The number of benzene rings is 1. The summed E-state index contributed by atoms with van der Waals surface area (Å²) < 4.78 is 2.34. The van der Waals surface area contributed by atoms with Crippen molar-refractivity contribution in [2.24, 2.45) is 5.92 Å². The van der Waals surface area contributed by atoms with Crippen molar-refractivity contribution in [3.8, 4) is 0 Å². The second kappa shape index (κ2) is 4.41. The average Bonchev–Trinajstić information content (AvgIpc) is 3.18. The Kier molecular flexibility index (Phi) is 2.85. The zero-order valence-electron chi connectivity index (χ0n) is 11.4. The quantitative estimate of drug-likeness (QED) is 0.906. The minimum atomic E-state index is -0.857. The van der Waals surface area contributed by atoms with Crippen LogP contribution in [0.25, 0.3) is 10.9 Å². The van der Waals surface area contributed by atoms with Gasteiger partial charge in [-0.2, -0.15) is 0 Å². The Balaban J connectivity index is 2.05. The lowest BCUT2D eigenvalue weighted by Crippen LogP contribution is -2.01. The topological polar surface area (TPSA) is 42.2 Å². The van der Waals surface area contributed by atoms with E-state index in [1.165, 1.54) is 36.0 Å². The van der Waals surface area contributed by atoms with Gasteiger partial charge in [0, 0.05) is 23.1 Å². The highest BCUT2D eigenvalue weighted by atomic mass is 16.4. The SMILES string of the molecule is Cc1c(C)n(CCC2CC2)c2ccc(C(=O)O)cc12. The van der Waals surface area contributed by atoms with Crippen LogP contribution in [0.2, 0.25) is 0 Å². The summed E-state index contributed by atoms with van der Waals surface area (Å²) in [6.07, 6.45) is 3.99. The zero-order chi connectivity index (χ0) is 13.6. The number of carbonyl (C=O) groups is 1. The summed E-state index contributed by atoms with van der Waals surface area (Å²) in [5.74, 6) is 0.0557. The molecule has 0 aliphatic heterocycles. The molecule has 1 aliphatic carbocycles. The van der Waals surface area contributed by atoms with E-state index in [4.69, 9.17) is 5.11 Å². The molecule has 1 aliphatic rings. The van der Waals surface area contributed by atoms with Crippen LogP contribution >= 0.6 is 0 Å². The third kappa shape index (κ3) is 2.14. The molecule has 0 spiro atoms. The summed E-state index contributed by atoms with van der Waals surface area (Å²) in [4.78, 5) is 11.1. The van der Waals surface area contributed by atoms with Crippen LogP contribution in [0.3, 0.4) is 0 Å². The van der Waals surface area contributed by atoms with E-state index in [0.29, 0.717) is 5.56 Å². The van der Waals surface area contributed by atoms with Gasteiger partial charge in [0.05, 0.1) is 5.56 Å². The Morgan fingerprint density at radius 3 is 2.74 bits per heavy atom. The van der Waals surface area contributed by atoms with Crippen molar-refractivity contribution in [1.29, 1.82) is 0 Å². The molecule has 1 aromatic heterocycles. The highest BCUT2D eigenvalue weighted by Gasteiger charge is 2.22. The monoisotopic (exact) mass is 257 g/mol. The number of carboxylic acids is 1. The molecule has 1 fully saturated rings. The standard InChI is InChI=1S/C16H19NO2/c1-10-11(2)17(8-7-12-3-4-12)15-6-5-13(16(18)19)9-14(10)15/h5-6,9,12H,3-4,7-8H2,1-2H3,(H,18,19). The van der Waals surface area contributed by atoms with Crippen LogP contribution in [0.15, 0.2) is 18.2 Å². The molecule has 19 heavy (non-hydrogen) atoms. The molecule has 0 radical (unpaired) electrons. The van der Waals surface area contributed by atoms with Gasteiger partial charge in [0.25, 0.3) is 0 Å². The van der Waals surface area contributed by atoms with E-state index in [9.17, 15) is 4.79 Å². The number of hydrogen-bond acceptors (Lipinski definition) is 1. The molecule has 2 aromatic rings. The molecule has 0 atom stereocenters. The van der Waals surface area contributed by atoms with Crippen molar-refractivity contribution < 1.29 is 9.90 Å². The number of nitrogens with zero attached hydrogens (tertiary/aromatic N) is 1. The summed E-state index contributed by atoms with van der Waals surface area (Å²) in [6.45, 7) is 5.26. The third-order valence-electron chi connectivity index (χ3n) is 4.34. The van der Waals surface area contributed by atoms with Gasteiger partial charge < -0.3 is 9.67 Å². The van der Waals surface area contributed by atoms with E-state index in [1.807, 2.05) is 6.07 Å². The minimum Gasteiger partial charge on any atom is -0.478 e. The van der Waals surface area contributed by atoms with Crippen molar-refractivity contribution in [2.75, 3.05) is 0 Å². The molecule has 3 heteroatoms. The number of hydrogen-bond donors (Lipinski definition) is 1. The second-order valence-corrected chi connectivity index (χ2v) is 5.63. The van der Waals surface area contributed by atoms with Gasteiger partial charge in [0.1, 0.15) is 0 Å². The fourth-order valence-electron chi connectivity index (χ4n) is 2.79. The van der Waals surface area contributed by atoms with E-state index in [1.54, 1.807) is 12.1 Å². The molecule has 0 bridgehead atoms. The Hall–Kier alpha value is -1.77. The Bertz CT molecular complexity index is 650. The number of aromatic carboxylic acids is 1. The third-order valence-corrected chi connectivity index (χ3v) is 4.34. The first kappa shape index (κ1) is 12.3. The summed E-state index contributed by atoms with van der Waals surface area (Å²) in [5.41, 5.74) is 4.00. The van der Waals surface area contributed by atoms with Gasteiger partial charge in [-0.15, -0.1) is 0 Å². The summed E-state index contributed by atoms with van der Waals surface area (Å²) in [6, 6.07) is 5.45. The molecular weight excluding hydrogens is 238 g/mol. The van der Waals surface area contributed by atoms with Crippen LogP contribution in [0.1, 0.15) is 40.9 Å².